The van der Waals surface area contributed by atoms with E-state index in [9.17, 15) is 24.7 Å². The molecule has 132 valence electrons. The van der Waals surface area contributed by atoms with Crippen molar-refractivity contribution < 1.29 is 44.1 Å². The summed E-state index contributed by atoms with van der Waals surface area (Å²) in [5.41, 5.74) is 0.426. The minimum absolute atomic E-state index is 0.0447. The Bertz CT molecular complexity index is 527. The Kier molecular flexibility index (Phi) is 7.36. The molecular formula is C12H20NO9P. The lowest BCUT2D eigenvalue weighted by Gasteiger charge is -2.24. The van der Waals surface area contributed by atoms with E-state index in [0.29, 0.717) is 18.5 Å². The minimum atomic E-state index is -4.79. The first-order chi connectivity index (χ1) is 10.6. The summed E-state index contributed by atoms with van der Waals surface area (Å²) < 4.78 is 14.5. The Morgan fingerprint density at radius 1 is 1.30 bits per heavy atom. The number of carboxylic acid groups (broad SMARTS) is 1. The number of carbonyl (C=O) groups is 1. The van der Waals surface area contributed by atoms with E-state index in [0.717, 1.165) is 0 Å². The number of carboxylic acids is 1. The predicted octanol–water partition coefficient (Wildman–Crippen LogP) is -1.54. The van der Waals surface area contributed by atoms with Crippen molar-refractivity contribution in [1.82, 2.24) is 5.32 Å². The van der Waals surface area contributed by atoms with Crippen LogP contribution in [0.25, 0.3) is 0 Å². The molecule has 0 bridgehead atoms. The molecule has 0 saturated heterocycles. The Labute approximate surface area is 132 Å². The first kappa shape index (κ1) is 19.8. The smallest absolute Gasteiger partial charge is 0.469 e. The summed E-state index contributed by atoms with van der Waals surface area (Å²) in [6.45, 7) is -1.12. The molecule has 0 radical (unpaired) electrons. The second kappa shape index (κ2) is 8.55. The van der Waals surface area contributed by atoms with Crippen LogP contribution >= 0.6 is 7.82 Å². The van der Waals surface area contributed by atoms with Crippen LogP contribution in [0.4, 0.5) is 0 Å². The first-order valence-electron chi connectivity index (χ1n) is 6.73. The number of aliphatic hydroxyl groups excluding tert-OH is 3. The van der Waals surface area contributed by atoms with E-state index >= 15 is 0 Å². The number of phosphoric acid groups is 1. The molecule has 0 saturated carbocycles. The molecule has 0 aromatic carbocycles. The molecule has 0 fully saturated rings. The van der Waals surface area contributed by atoms with Crippen LogP contribution < -0.4 is 5.32 Å². The van der Waals surface area contributed by atoms with Crippen LogP contribution in [0.2, 0.25) is 0 Å². The van der Waals surface area contributed by atoms with E-state index in [-0.39, 0.29) is 12.1 Å². The zero-order valence-corrected chi connectivity index (χ0v) is 13.0. The summed E-state index contributed by atoms with van der Waals surface area (Å²) >= 11 is 0. The number of phosphoric ester groups is 1. The van der Waals surface area contributed by atoms with Crippen LogP contribution in [-0.2, 0) is 13.9 Å². The van der Waals surface area contributed by atoms with Gasteiger partial charge in [0.05, 0.1) is 18.3 Å². The van der Waals surface area contributed by atoms with Gasteiger partial charge in [-0.05, 0) is 18.9 Å². The van der Waals surface area contributed by atoms with Crippen LogP contribution in [0.3, 0.4) is 0 Å². The molecule has 23 heavy (non-hydrogen) atoms. The fraction of sp³-hybridized carbons (Fsp3) is 0.583. The Hall–Kier alpha value is -1.26. The largest absolute Gasteiger partial charge is 0.478 e. The van der Waals surface area contributed by atoms with Crippen LogP contribution in [0, 0.1) is 0 Å². The quantitative estimate of drug-likeness (QED) is 0.240. The first-order valence-corrected chi connectivity index (χ1v) is 8.26. The van der Waals surface area contributed by atoms with Crippen LogP contribution in [0.5, 0.6) is 0 Å². The lowest BCUT2D eigenvalue weighted by atomic mass is 10.0. The van der Waals surface area contributed by atoms with Crippen molar-refractivity contribution in [2.45, 2.75) is 31.2 Å². The van der Waals surface area contributed by atoms with Gasteiger partial charge in [0.1, 0.15) is 12.2 Å². The van der Waals surface area contributed by atoms with Gasteiger partial charge in [0, 0.05) is 12.2 Å². The molecule has 0 spiro atoms. The molecule has 7 N–H and O–H groups in total. The molecule has 0 unspecified atom stereocenters. The number of rotatable bonds is 9. The predicted molar refractivity (Wildman–Crippen MR) is 77.1 cm³/mol. The topological polar surface area (TPSA) is 177 Å². The van der Waals surface area contributed by atoms with Crippen LogP contribution in [0.15, 0.2) is 23.4 Å². The molecule has 0 heterocycles. The highest BCUT2D eigenvalue weighted by Gasteiger charge is 2.28. The number of aliphatic carboxylic acids is 1. The summed E-state index contributed by atoms with van der Waals surface area (Å²) in [4.78, 5) is 28.0. The Morgan fingerprint density at radius 2 is 1.96 bits per heavy atom. The van der Waals surface area contributed by atoms with Gasteiger partial charge in [-0.25, -0.2) is 9.36 Å². The van der Waals surface area contributed by atoms with E-state index in [2.05, 4.69) is 9.84 Å². The summed E-state index contributed by atoms with van der Waals surface area (Å²) in [6, 6.07) is 0. The lowest BCUT2D eigenvalue weighted by molar-refractivity contribution is -0.132. The van der Waals surface area contributed by atoms with Crippen molar-refractivity contribution in [3.8, 4) is 0 Å². The highest BCUT2D eigenvalue weighted by Crippen LogP contribution is 2.35. The van der Waals surface area contributed by atoms with Crippen molar-refractivity contribution in [3.63, 3.8) is 0 Å². The third kappa shape index (κ3) is 6.80. The zero-order valence-electron chi connectivity index (χ0n) is 12.1. The maximum Gasteiger partial charge on any atom is 0.469 e. The van der Waals surface area contributed by atoms with Crippen LogP contribution in [0.1, 0.15) is 12.8 Å². The fourth-order valence-electron chi connectivity index (χ4n) is 1.93. The summed E-state index contributed by atoms with van der Waals surface area (Å²) in [5.74, 6) is -1.13. The molecule has 10 nitrogen and oxygen atoms in total. The van der Waals surface area contributed by atoms with E-state index < -0.39 is 38.7 Å². The molecule has 3 atom stereocenters. The molecule has 0 amide bonds. The average molecular weight is 353 g/mol. The van der Waals surface area contributed by atoms with Gasteiger partial charge in [-0.2, -0.15) is 0 Å². The Balaban J connectivity index is 2.55. The monoisotopic (exact) mass is 353 g/mol. The minimum Gasteiger partial charge on any atom is -0.478 e. The van der Waals surface area contributed by atoms with Gasteiger partial charge in [0.2, 0.25) is 0 Å². The fourth-order valence-corrected chi connectivity index (χ4v) is 2.27. The average Bonchev–Trinajstić information content (AvgIpc) is 2.48. The molecule has 0 aromatic rings. The molecule has 0 aliphatic heterocycles. The number of aliphatic hydroxyl groups is 3. The molecule has 11 heteroatoms. The maximum atomic E-state index is 11.0. The second-order valence-electron chi connectivity index (χ2n) is 4.93. The van der Waals surface area contributed by atoms with Gasteiger partial charge >= 0.3 is 13.8 Å². The Morgan fingerprint density at radius 3 is 2.52 bits per heavy atom. The van der Waals surface area contributed by atoms with E-state index in [1.54, 1.807) is 6.08 Å². The SMILES string of the molecule is O=C(O)C1=C(NC[C@H](O)[C@H](O)[C@H](O)COP(=O)(O)O)CCC=C1. The van der Waals surface area contributed by atoms with Gasteiger partial charge in [0.25, 0.3) is 0 Å². The normalized spacial score (nSPS) is 19.3. The number of hydrogen-bond donors (Lipinski definition) is 7. The van der Waals surface area contributed by atoms with Crippen molar-refractivity contribution in [1.29, 1.82) is 0 Å². The van der Waals surface area contributed by atoms with Crippen molar-refractivity contribution in [2.75, 3.05) is 13.2 Å². The maximum absolute atomic E-state index is 11.0. The lowest BCUT2D eigenvalue weighted by Crippen LogP contribution is -2.45. The van der Waals surface area contributed by atoms with Gasteiger partial charge in [-0.3, -0.25) is 4.52 Å². The van der Waals surface area contributed by atoms with Crippen LogP contribution in [-0.4, -0.2) is 67.6 Å². The van der Waals surface area contributed by atoms with E-state index in [1.165, 1.54) is 6.08 Å². The van der Waals surface area contributed by atoms with Gasteiger partial charge in [-0.1, -0.05) is 6.08 Å². The molecule has 1 aliphatic carbocycles. The van der Waals surface area contributed by atoms with Gasteiger partial charge < -0.3 is 35.5 Å². The van der Waals surface area contributed by atoms with Gasteiger partial charge in [0.15, 0.2) is 0 Å². The highest BCUT2D eigenvalue weighted by molar-refractivity contribution is 7.46. The van der Waals surface area contributed by atoms with Crippen molar-refractivity contribution in [2.24, 2.45) is 0 Å². The number of allylic oxidation sites excluding steroid dienone is 2. The van der Waals surface area contributed by atoms with E-state index in [1.807, 2.05) is 0 Å². The standard InChI is InChI=1S/C12H20NO9P/c14-9(11(16)10(15)6-22-23(19,20)21)5-13-8-4-2-1-3-7(8)12(17)18/h1,3,9-11,13-16H,2,4-6H2,(H,17,18)(H2,19,20,21)/t9-,10+,11-/m0/s1. The molecule has 1 aliphatic rings. The third-order valence-electron chi connectivity index (χ3n) is 3.13. The molecule has 1 rings (SSSR count). The van der Waals surface area contributed by atoms with Gasteiger partial charge in [-0.15, -0.1) is 0 Å². The zero-order chi connectivity index (χ0) is 17.6. The highest BCUT2D eigenvalue weighted by atomic mass is 31.2. The summed E-state index contributed by atoms with van der Waals surface area (Å²) in [6.07, 6.45) is -0.788. The summed E-state index contributed by atoms with van der Waals surface area (Å²) in [7, 11) is -4.79. The van der Waals surface area contributed by atoms with Crippen molar-refractivity contribution >= 4 is 13.8 Å². The number of nitrogens with one attached hydrogen (secondary N) is 1. The third-order valence-corrected chi connectivity index (χ3v) is 3.61. The van der Waals surface area contributed by atoms with E-state index in [4.69, 9.17) is 14.9 Å². The summed E-state index contributed by atoms with van der Waals surface area (Å²) in [5, 5.41) is 40.7. The second-order valence-corrected chi connectivity index (χ2v) is 6.17. The van der Waals surface area contributed by atoms with Crippen molar-refractivity contribution in [3.05, 3.63) is 23.4 Å². The molecular weight excluding hydrogens is 333 g/mol. The molecule has 0 aromatic heterocycles. The number of hydrogen-bond acceptors (Lipinski definition) is 7.